The van der Waals surface area contributed by atoms with Gasteiger partial charge in [-0.15, -0.1) is 24.8 Å². The lowest BCUT2D eigenvalue weighted by Gasteiger charge is -2.14. The Kier molecular flexibility index (Phi) is 7.93. The first-order valence-corrected chi connectivity index (χ1v) is 8.52. The SMILES string of the molecule is CCn1c(=O)[nH]c(=O)c2c(C(=O)Nc3ccc(N)nc3)cc(C(C)C)nc21.Cl.Cl. The fourth-order valence-electron chi connectivity index (χ4n) is 2.74. The standard InChI is InChI=1S/C18H20N6O3.2ClH/c1-4-24-15-14(17(26)23-18(24)27)11(7-12(22-15)9(2)3)16(25)21-10-5-6-13(19)20-8-10;;/h5-9H,4H2,1-3H3,(H2,19,20)(H,21,25)(H,23,26,27);2*1H. The molecular weight excluding hydrogens is 419 g/mol. The normalized spacial score (nSPS) is 10.3. The Labute approximate surface area is 178 Å². The average Bonchev–Trinajstić information content (AvgIpc) is 2.62. The van der Waals surface area contributed by atoms with Gasteiger partial charge < -0.3 is 11.1 Å². The highest BCUT2D eigenvalue weighted by Crippen LogP contribution is 2.21. The molecule has 0 atom stereocenters. The Morgan fingerprint density at radius 1 is 1.28 bits per heavy atom. The Morgan fingerprint density at radius 2 is 1.97 bits per heavy atom. The van der Waals surface area contributed by atoms with Crippen LogP contribution in [0, 0.1) is 0 Å². The lowest BCUT2D eigenvalue weighted by Crippen LogP contribution is -2.32. The number of pyridine rings is 2. The molecule has 0 saturated heterocycles. The van der Waals surface area contributed by atoms with Crippen LogP contribution in [0.4, 0.5) is 11.5 Å². The molecule has 3 rings (SSSR count). The van der Waals surface area contributed by atoms with Crippen molar-refractivity contribution in [1.82, 2.24) is 19.5 Å². The van der Waals surface area contributed by atoms with Crippen LogP contribution in [0.5, 0.6) is 0 Å². The zero-order chi connectivity index (χ0) is 19.7. The van der Waals surface area contributed by atoms with Crippen molar-refractivity contribution in [2.24, 2.45) is 0 Å². The van der Waals surface area contributed by atoms with E-state index in [1.54, 1.807) is 25.1 Å². The molecule has 0 spiro atoms. The van der Waals surface area contributed by atoms with Crippen LogP contribution in [0.2, 0.25) is 0 Å². The molecule has 0 saturated carbocycles. The number of nitrogens with one attached hydrogen (secondary N) is 2. The molecule has 0 aliphatic heterocycles. The molecule has 3 aromatic rings. The number of aromatic amines is 1. The molecule has 0 unspecified atom stereocenters. The van der Waals surface area contributed by atoms with E-state index in [2.05, 4.69) is 20.3 Å². The van der Waals surface area contributed by atoms with Gasteiger partial charge in [-0.2, -0.15) is 0 Å². The summed E-state index contributed by atoms with van der Waals surface area (Å²) in [5.74, 6) is -0.172. The van der Waals surface area contributed by atoms with Gasteiger partial charge >= 0.3 is 5.69 Å². The van der Waals surface area contributed by atoms with Gasteiger partial charge in [0.2, 0.25) is 0 Å². The summed E-state index contributed by atoms with van der Waals surface area (Å²) in [5.41, 5.74) is 5.72. The van der Waals surface area contributed by atoms with E-state index in [1.807, 2.05) is 13.8 Å². The summed E-state index contributed by atoms with van der Waals surface area (Å²) in [5, 5.41) is 2.77. The van der Waals surface area contributed by atoms with Gasteiger partial charge in [-0.05, 0) is 31.0 Å². The van der Waals surface area contributed by atoms with Crippen molar-refractivity contribution in [3.63, 3.8) is 0 Å². The Hall–Kier alpha value is -2.91. The molecule has 0 radical (unpaired) electrons. The van der Waals surface area contributed by atoms with E-state index in [0.29, 0.717) is 23.7 Å². The number of hydrogen-bond donors (Lipinski definition) is 3. The van der Waals surface area contributed by atoms with E-state index in [-0.39, 0.29) is 47.3 Å². The summed E-state index contributed by atoms with van der Waals surface area (Å²) < 4.78 is 1.34. The lowest BCUT2D eigenvalue weighted by molar-refractivity contribution is 0.102. The zero-order valence-corrected chi connectivity index (χ0v) is 17.7. The summed E-state index contributed by atoms with van der Waals surface area (Å²) in [4.78, 5) is 48.1. The number of fused-ring (bicyclic) bond motifs is 1. The van der Waals surface area contributed by atoms with Crippen LogP contribution in [0.3, 0.4) is 0 Å². The average molecular weight is 441 g/mol. The molecule has 156 valence electrons. The molecule has 29 heavy (non-hydrogen) atoms. The maximum Gasteiger partial charge on any atom is 0.329 e. The highest BCUT2D eigenvalue weighted by molar-refractivity contribution is 6.11. The predicted octanol–water partition coefficient (Wildman–Crippen LogP) is 2.30. The van der Waals surface area contributed by atoms with Crippen LogP contribution in [-0.2, 0) is 6.54 Å². The number of anilines is 2. The number of aryl methyl sites for hydroxylation is 1. The number of carbonyl (C=O) groups excluding carboxylic acids is 1. The molecule has 9 nitrogen and oxygen atoms in total. The fraction of sp³-hybridized carbons (Fsp3) is 0.278. The number of amides is 1. The van der Waals surface area contributed by atoms with Gasteiger partial charge in [0.1, 0.15) is 5.82 Å². The lowest BCUT2D eigenvalue weighted by atomic mass is 10.0. The van der Waals surface area contributed by atoms with Crippen molar-refractivity contribution in [2.75, 3.05) is 11.1 Å². The number of nitrogen functional groups attached to an aromatic ring is 1. The molecule has 0 aliphatic carbocycles. The van der Waals surface area contributed by atoms with Crippen molar-refractivity contribution in [3.8, 4) is 0 Å². The Morgan fingerprint density at radius 3 is 2.52 bits per heavy atom. The van der Waals surface area contributed by atoms with E-state index in [9.17, 15) is 14.4 Å². The number of H-pyrrole nitrogens is 1. The molecule has 0 aromatic carbocycles. The summed E-state index contributed by atoms with van der Waals surface area (Å²) in [6.07, 6.45) is 1.42. The topological polar surface area (TPSA) is 136 Å². The monoisotopic (exact) mass is 440 g/mol. The van der Waals surface area contributed by atoms with E-state index in [4.69, 9.17) is 5.73 Å². The predicted molar refractivity (Wildman–Crippen MR) is 117 cm³/mol. The van der Waals surface area contributed by atoms with Crippen molar-refractivity contribution in [1.29, 1.82) is 0 Å². The van der Waals surface area contributed by atoms with Crippen molar-refractivity contribution >= 4 is 53.3 Å². The van der Waals surface area contributed by atoms with Crippen LogP contribution >= 0.6 is 24.8 Å². The van der Waals surface area contributed by atoms with Crippen molar-refractivity contribution in [2.45, 2.75) is 33.2 Å². The van der Waals surface area contributed by atoms with Crippen LogP contribution in [0.15, 0.2) is 34.0 Å². The van der Waals surface area contributed by atoms with Gasteiger partial charge in [-0.1, -0.05) is 13.8 Å². The molecule has 0 fully saturated rings. The van der Waals surface area contributed by atoms with Crippen LogP contribution in [0.25, 0.3) is 11.0 Å². The number of halogens is 2. The number of aromatic nitrogens is 4. The molecular formula is C18H22Cl2N6O3. The zero-order valence-electron chi connectivity index (χ0n) is 16.1. The first-order valence-electron chi connectivity index (χ1n) is 8.52. The number of nitrogens with two attached hydrogens (primary N) is 1. The second-order valence-electron chi connectivity index (χ2n) is 6.38. The number of carbonyl (C=O) groups is 1. The number of rotatable bonds is 4. The Balaban J connectivity index is 0.00000210. The van der Waals surface area contributed by atoms with Crippen molar-refractivity contribution < 1.29 is 4.79 Å². The van der Waals surface area contributed by atoms with Crippen molar-refractivity contribution in [3.05, 3.63) is 56.5 Å². The van der Waals surface area contributed by atoms with Gasteiger partial charge in [0.05, 0.1) is 22.8 Å². The van der Waals surface area contributed by atoms with E-state index in [0.717, 1.165) is 0 Å². The molecule has 4 N–H and O–H groups in total. The molecule has 11 heteroatoms. The minimum atomic E-state index is -0.650. The van der Waals surface area contributed by atoms with Gasteiger partial charge in [0.15, 0.2) is 5.65 Å². The van der Waals surface area contributed by atoms with E-state index >= 15 is 0 Å². The van der Waals surface area contributed by atoms with Gasteiger partial charge in [-0.3, -0.25) is 19.1 Å². The first-order chi connectivity index (χ1) is 12.8. The highest BCUT2D eigenvalue weighted by Gasteiger charge is 2.20. The molecule has 1 amide bonds. The van der Waals surface area contributed by atoms with Crippen LogP contribution in [-0.4, -0.2) is 25.4 Å². The molecule has 3 heterocycles. The Bertz CT molecular complexity index is 1140. The van der Waals surface area contributed by atoms with Crippen LogP contribution < -0.4 is 22.3 Å². The smallest absolute Gasteiger partial charge is 0.329 e. The first kappa shape index (κ1) is 24.1. The molecule has 0 aliphatic rings. The van der Waals surface area contributed by atoms with Crippen LogP contribution in [0.1, 0.15) is 42.7 Å². The minimum absolute atomic E-state index is 0. The maximum absolute atomic E-state index is 12.9. The largest absolute Gasteiger partial charge is 0.384 e. The van der Waals surface area contributed by atoms with E-state index in [1.165, 1.54) is 10.8 Å². The third-order valence-electron chi connectivity index (χ3n) is 4.17. The minimum Gasteiger partial charge on any atom is -0.384 e. The second-order valence-corrected chi connectivity index (χ2v) is 6.38. The fourth-order valence-corrected chi connectivity index (χ4v) is 2.74. The number of hydrogen-bond acceptors (Lipinski definition) is 6. The number of nitrogens with zero attached hydrogens (tertiary/aromatic N) is 3. The van der Waals surface area contributed by atoms with Gasteiger partial charge in [0, 0.05) is 12.2 Å². The summed E-state index contributed by atoms with van der Waals surface area (Å²) in [7, 11) is 0. The molecule has 3 aromatic heterocycles. The third-order valence-corrected chi connectivity index (χ3v) is 4.17. The van der Waals surface area contributed by atoms with E-state index < -0.39 is 17.2 Å². The summed E-state index contributed by atoms with van der Waals surface area (Å²) in [6.45, 7) is 5.91. The van der Waals surface area contributed by atoms with Gasteiger partial charge in [-0.25, -0.2) is 14.8 Å². The van der Waals surface area contributed by atoms with Gasteiger partial charge in [0.25, 0.3) is 11.5 Å². The highest BCUT2D eigenvalue weighted by atomic mass is 35.5. The summed E-state index contributed by atoms with van der Waals surface area (Å²) >= 11 is 0. The third kappa shape index (κ3) is 4.75. The quantitative estimate of drug-likeness (QED) is 0.569. The maximum atomic E-state index is 12.9. The molecule has 0 bridgehead atoms. The second kappa shape index (κ2) is 9.53. The summed E-state index contributed by atoms with van der Waals surface area (Å²) in [6, 6.07) is 4.74.